The van der Waals surface area contributed by atoms with E-state index in [1.165, 1.54) is 11.3 Å². The predicted molar refractivity (Wildman–Crippen MR) is 128 cm³/mol. The smallest absolute Gasteiger partial charge is 0.262 e. The van der Waals surface area contributed by atoms with E-state index in [0.717, 1.165) is 28.1 Å². The van der Waals surface area contributed by atoms with E-state index in [9.17, 15) is 9.59 Å². The number of carbonyl (C=O) groups is 1. The lowest BCUT2D eigenvalue weighted by Crippen LogP contribution is -2.37. The van der Waals surface area contributed by atoms with Crippen LogP contribution in [-0.2, 0) is 17.9 Å². The molecule has 5 rings (SSSR count). The van der Waals surface area contributed by atoms with Crippen LogP contribution in [0.25, 0.3) is 10.2 Å². The van der Waals surface area contributed by atoms with E-state index in [1.807, 2.05) is 66.0 Å². The fraction of sp³-hybridized carbons (Fsp3) is 0.240. The first kappa shape index (κ1) is 20.6. The zero-order valence-electron chi connectivity index (χ0n) is 17.8. The van der Waals surface area contributed by atoms with Gasteiger partial charge >= 0.3 is 0 Å². The van der Waals surface area contributed by atoms with Gasteiger partial charge in [0, 0.05) is 12.2 Å². The van der Waals surface area contributed by atoms with Crippen LogP contribution in [0.15, 0.2) is 70.8 Å². The lowest BCUT2D eigenvalue weighted by atomic mass is 10.1. The highest BCUT2D eigenvalue weighted by Gasteiger charge is 2.29. The van der Waals surface area contributed by atoms with Crippen molar-refractivity contribution >= 4 is 33.1 Å². The number of amides is 1. The minimum Gasteiger partial charge on any atom is -0.325 e. The molecule has 1 aliphatic heterocycles. The molecule has 1 atom stereocenters. The number of hydrogen-bond acceptors (Lipinski definition) is 5. The molecule has 1 amide bonds. The number of para-hydroxylation sites is 1. The van der Waals surface area contributed by atoms with E-state index >= 15 is 0 Å². The molecule has 0 fully saturated rings. The number of rotatable bonds is 5. The fourth-order valence-electron chi connectivity index (χ4n) is 4.39. The van der Waals surface area contributed by atoms with E-state index in [1.54, 1.807) is 4.57 Å². The van der Waals surface area contributed by atoms with Crippen molar-refractivity contribution in [3.8, 4) is 0 Å². The number of carbonyl (C=O) groups excluding carboxylic acids is 1. The molecule has 3 heterocycles. The normalized spacial score (nSPS) is 15.2. The first-order valence-electron chi connectivity index (χ1n) is 10.8. The average molecular weight is 445 g/mol. The number of anilines is 1. The molecule has 32 heavy (non-hydrogen) atoms. The van der Waals surface area contributed by atoms with E-state index < -0.39 is 0 Å². The van der Waals surface area contributed by atoms with E-state index in [0.29, 0.717) is 24.3 Å². The number of nitrogens with one attached hydrogen (secondary N) is 1. The Bertz CT molecular complexity index is 1330. The molecule has 162 valence electrons. The van der Waals surface area contributed by atoms with Crippen LogP contribution in [0.4, 0.5) is 5.69 Å². The quantitative estimate of drug-likeness (QED) is 0.495. The summed E-state index contributed by atoms with van der Waals surface area (Å²) in [5.41, 5.74) is 2.92. The van der Waals surface area contributed by atoms with Gasteiger partial charge in [-0.25, -0.2) is 4.98 Å². The van der Waals surface area contributed by atoms with Gasteiger partial charge in [-0.3, -0.25) is 19.1 Å². The van der Waals surface area contributed by atoms with Crippen molar-refractivity contribution in [2.24, 2.45) is 0 Å². The van der Waals surface area contributed by atoms with Crippen molar-refractivity contribution in [2.75, 3.05) is 11.9 Å². The third-order valence-electron chi connectivity index (χ3n) is 5.93. The van der Waals surface area contributed by atoms with Gasteiger partial charge < -0.3 is 5.32 Å². The Morgan fingerprint density at radius 2 is 1.81 bits per heavy atom. The van der Waals surface area contributed by atoms with Gasteiger partial charge in [-0.15, -0.1) is 11.3 Å². The lowest BCUT2D eigenvalue weighted by molar-refractivity contribution is -0.117. The molecule has 6 nitrogen and oxygen atoms in total. The zero-order valence-corrected chi connectivity index (χ0v) is 18.6. The predicted octanol–water partition coefficient (Wildman–Crippen LogP) is 4.41. The molecule has 1 aliphatic rings. The second-order valence-electron chi connectivity index (χ2n) is 8.02. The highest BCUT2D eigenvalue weighted by molar-refractivity contribution is 7.16. The number of benzene rings is 2. The third-order valence-corrected chi connectivity index (χ3v) is 6.74. The molecule has 2 aromatic carbocycles. The number of nitrogens with zero attached hydrogens (tertiary/aromatic N) is 3. The molecule has 0 saturated heterocycles. The number of fused-ring (bicyclic) bond motifs is 2. The van der Waals surface area contributed by atoms with Gasteiger partial charge in [0.05, 0.1) is 24.5 Å². The minimum atomic E-state index is -0.171. The molecule has 0 bridgehead atoms. The highest BCUT2D eigenvalue weighted by Crippen LogP contribution is 2.30. The minimum absolute atomic E-state index is 0.0340. The van der Waals surface area contributed by atoms with Crippen molar-refractivity contribution < 1.29 is 4.79 Å². The van der Waals surface area contributed by atoms with Crippen LogP contribution in [0.1, 0.15) is 36.3 Å². The molecule has 7 heteroatoms. The van der Waals surface area contributed by atoms with Crippen molar-refractivity contribution in [2.45, 2.75) is 32.5 Å². The van der Waals surface area contributed by atoms with Crippen LogP contribution in [0.2, 0.25) is 0 Å². The van der Waals surface area contributed by atoms with Gasteiger partial charge in [0.15, 0.2) is 0 Å². The van der Waals surface area contributed by atoms with E-state index in [4.69, 9.17) is 4.98 Å². The van der Waals surface area contributed by atoms with Crippen molar-refractivity contribution in [3.05, 3.63) is 93.3 Å². The third kappa shape index (κ3) is 3.85. The van der Waals surface area contributed by atoms with Gasteiger partial charge in [0.2, 0.25) is 5.91 Å². The summed E-state index contributed by atoms with van der Waals surface area (Å²) in [6.07, 6.45) is 0.730. The molecule has 4 aromatic rings. The van der Waals surface area contributed by atoms with Gasteiger partial charge in [0.1, 0.15) is 10.7 Å². The van der Waals surface area contributed by atoms with E-state index in [-0.39, 0.29) is 24.1 Å². The van der Waals surface area contributed by atoms with Crippen molar-refractivity contribution in [1.29, 1.82) is 0 Å². The van der Waals surface area contributed by atoms with Gasteiger partial charge in [0.25, 0.3) is 5.56 Å². The monoisotopic (exact) mass is 444 g/mol. The molecule has 0 saturated carbocycles. The lowest BCUT2D eigenvalue weighted by Gasteiger charge is -2.30. The summed E-state index contributed by atoms with van der Waals surface area (Å²) in [6, 6.07) is 19.5. The topological polar surface area (TPSA) is 67.2 Å². The summed E-state index contributed by atoms with van der Waals surface area (Å²) in [6.45, 7) is 3.38. The van der Waals surface area contributed by atoms with Gasteiger partial charge in [-0.1, -0.05) is 55.5 Å². The molecule has 0 aliphatic carbocycles. The standard InChI is InChI=1S/C25H24N4O2S/c1-2-21(28-15-18-10-6-7-11-20(18)26-22(30)16-28)23-27-24-19(12-13-32-24)25(31)29(23)14-17-8-4-3-5-9-17/h3-13,21H,2,14-16H2,1H3,(H,26,30). The summed E-state index contributed by atoms with van der Waals surface area (Å²) < 4.78 is 1.78. The molecule has 0 spiro atoms. The van der Waals surface area contributed by atoms with Crippen LogP contribution >= 0.6 is 11.3 Å². The molecular weight excluding hydrogens is 420 g/mol. The van der Waals surface area contributed by atoms with E-state index in [2.05, 4.69) is 17.1 Å². The average Bonchev–Trinajstić information content (AvgIpc) is 3.20. The maximum absolute atomic E-state index is 13.5. The second kappa shape index (κ2) is 8.68. The Morgan fingerprint density at radius 1 is 1.03 bits per heavy atom. The Kier molecular flexibility index (Phi) is 5.59. The van der Waals surface area contributed by atoms with Crippen LogP contribution < -0.4 is 10.9 Å². The van der Waals surface area contributed by atoms with Crippen LogP contribution in [0.3, 0.4) is 0 Å². The molecule has 1 N–H and O–H groups in total. The van der Waals surface area contributed by atoms with Crippen molar-refractivity contribution in [3.63, 3.8) is 0 Å². The number of thiophene rings is 1. The van der Waals surface area contributed by atoms with Gasteiger partial charge in [-0.05, 0) is 35.1 Å². The Balaban J connectivity index is 1.62. The molecule has 2 aromatic heterocycles. The maximum atomic E-state index is 13.5. The first-order chi connectivity index (χ1) is 15.6. The maximum Gasteiger partial charge on any atom is 0.262 e. The summed E-state index contributed by atoms with van der Waals surface area (Å²) in [5.74, 6) is 0.658. The fourth-order valence-corrected chi connectivity index (χ4v) is 5.15. The molecular formula is C25H24N4O2S. The Hall–Kier alpha value is -3.29. The Labute approximate surface area is 190 Å². The second-order valence-corrected chi connectivity index (χ2v) is 8.92. The SMILES string of the molecule is CCC(c1nc2sccc2c(=O)n1Cc1ccccc1)N1CC(=O)Nc2ccccc2C1. The summed E-state index contributed by atoms with van der Waals surface area (Å²) in [7, 11) is 0. The molecule has 1 unspecified atom stereocenters. The van der Waals surface area contributed by atoms with Crippen LogP contribution in [0.5, 0.6) is 0 Å². The van der Waals surface area contributed by atoms with Crippen LogP contribution in [-0.4, -0.2) is 26.9 Å². The zero-order chi connectivity index (χ0) is 22.1. The van der Waals surface area contributed by atoms with Gasteiger partial charge in [-0.2, -0.15) is 0 Å². The largest absolute Gasteiger partial charge is 0.325 e. The van der Waals surface area contributed by atoms with Crippen molar-refractivity contribution in [1.82, 2.24) is 14.5 Å². The summed E-state index contributed by atoms with van der Waals surface area (Å²) >= 11 is 1.48. The highest BCUT2D eigenvalue weighted by atomic mass is 32.1. The summed E-state index contributed by atoms with van der Waals surface area (Å²) in [5, 5.41) is 5.56. The van der Waals surface area contributed by atoms with Crippen LogP contribution in [0, 0.1) is 0 Å². The Morgan fingerprint density at radius 3 is 2.62 bits per heavy atom. The molecule has 0 radical (unpaired) electrons. The first-order valence-corrected chi connectivity index (χ1v) is 11.7. The number of hydrogen-bond donors (Lipinski definition) is 1. The summed E-state index contributed by atoms with van der Waals surface area (Å²) in [4.78, 5) is 34.0. The number of aromatic nitrogens is 2.